The van der Waals surface area contributed by atoms with Crippen LogP contribution in [-0.4, -0.2) is 38.6 Å². The molecule has 8 nitrogen and oxygen atoms in total. The minimum Gasteiger partial charge on any atom is -0.495 e. The molecule has 9 heteroatoms. The summed E-state index contributed by atoms with van der Waals surface area (Å²) in [6.45, 7) is 3.39. The van der Waals surface area contributed by atoms with Gasteiger partial charge in [-0.05, 0) is 37.5 Å². The van der Waals surface area contributed by atoms with E-state index in [4.69, 9.17) is 4.74 Å². The Morgan fingerprint density at radius 1 is 1.27 bits per heavy atom. The Hall–Kier alpha value is -2.39. The zero-order valence-electron chi connectivity index (χ0n) is 14.8. The number of hydrogen-bond acceptors (Lipinski definition) is 6. The molecule has 1 aromatic carbocycles. The Morgan fingerprint density at radius 2 is 2.00 bits per heavy atom. The number of H-pyrrole nitrogens is 1. The molecule has 140 valence electrons. The highest BCUT2D eigenvalue weighted by molar-refractivity contribution is 7.89. The van der Waals surface area contributed by atoms with E-state index in [2.05, 4.69) is 14.7 Å². The smallest absolute Gasteiger partial charge is 0.252 e. The van der Waals surface area contributed by atoms with Crippen LogP contribution in [0.15, 0.2) is 34.0 Å². The molecule has 0 radical (unpaired) electrons. The molecule has 0 spiro atoms. The Morgan fingerprint density at radius 3 is 2.69 bits per heavy atom. The summed E-state index contributed by atoms with van der Waals surface area (Å²) in [4.78, 5) is 21.0. The van der Waals surface area contributed by atoms with Crippen molar-refractivity contribution in [2.45, 2.75) is 31.2 Å². The number of aromatic amines is 1. The molecule has 1 aromatic heterocycles. The lowest BCUT2D eigenvalue weighted by molar-refractivity contribution is 0.402. The maximum absolute atomic E-state index is 12.6. The molecular formula is C17H22N4O4S. The summed E-state index contributed by atoms with van der Waals surface area (Å²) >= 11 is 0. The van der Waals surface area contributed by atoms with Crippen LogP contribution in [0, 0.1) is 6.92 Å². The van der Waals surface area contributed by atoms with Crippen LogP contribution in [0.5, 0.6) is 5.75 Å². The second kappa shape index (κ2) is 7.46. The van der Waals surface area contributed by atoms with E-state index in [1.54, 1.807) is 25.1 Å². The first-order valence-electron chi connectivity index (χ1n) is 8.38. The predicted octanol–water partition coefficient (Wildman–Crippen LogP) is 1.17. The first-order valence-corrected chi connectivity index (χ1v) is 9.87. The largest absolute Gasteiger partial charge is 0.495 e. The van der Waals surface area contributed by atoms with Crippen LogP contribution in [0.1, 0.15) is 24.1 Å². The Kier molecular flexibility index (Phi) is 5.28. The first kappa shape index (κ1) is 18.4. The van der Waals surface area contributed by atoms with Crippen molar-refractivity contribution in [3.8, 4) is 5.75 Å². The van der Waals surface area contributed by atoms with E-state index >= 15 is 0 Å². The van der Waals surface area contributed by atoms with E-state index in [1.807, 2.05) is 4.90 Å². The van der Waals surface area contributed by atoms with Gasteiger partial charge in [-0.3, -0.25) is 9.78 Å². The van der Waals surface area contributed by atoms with Gasteiger partial charge in [-0.25, -0.2) is 18.1 Å². The SMILES string of the molecule is COc1ccc(C)cc1S(=O)(=O)NCc1cc(=O)[nH]c(N2CCCC2)n1. The van der Waals surface area contributed by atoms with Crippen LogP contribution in [0.3, 0.4) is 0 Å². The zero-order chi connectivity index (χ0) is 18.7. The van der Waals surface area contributed by atoms with Gasteiger partial charge in [-0.1, -0.05) is 6.07 Å². The van der Waals surface area contributed by atoms with Crippen LogP contribution >= 0.6 is 0 Å². The summed E-state index contributed by atoms with van der Waals surface area (Å²) < 4.78 is 32.9. The standard InChI is InChI=1S/C17H22N4O4S/c1-12-5-6-14(25-2)15(9-12)26(23,24)18-11-13-10-16(22)20-17(19-13)21-7-3-4-8-21/h5-6,9-10,18H,3-4,7-8,11H2,1-2H3,(H,19,20,22). The van der Waals surface area contributed by atoms with E-state index in [1.165, 1.54) is 13.2 Å². The highest BCUT2D eigenvalue weighted by Crippen LogP contribution is 2.24. The van der Waals surface area contributed by atoms with Crippen molar-refractivity contribution in [3.05, 3.63) is 45.9 Å². The van der Waals surface area contributed by atoms with E-state index in [9.17, 15) is 13.2 Å². The molecule has 1 fully saturated rings. The van der Waals surface area contributed by atoms with Crippen molar-refractivity contribution in [1.29, 1.82) is 0 Å². The molecule has 1 saturated heterocycles. The third-order valence-electron chi connectivity index (χ3n) is 4.24. The van der Waals surface area contributed by atoms with Crippen molar-refractivity contribution in [2.75, 3.05) is 25.1 Å². The van der Waals surface area contributed by atoms with Crippen molar-refractivity contribution in [3.63, 3.8) is 0 Å². The van der Waals surface area contributed by atoms with Crippen LogP contribution < -0.4 is 19.9 Å². The van der Waals surface area contributed by atoms with Gasteiger partial charge < -0.3 is 9.64 Å². The topological polar surface area (TPSA) is 104 Å². The monoisotopic (exact) mass is 378 g/mol. The first-order chi connectivity index (χ1) is 12.4. The van der Waals surface area contributed by atoms with Crippen LogP contribution in [-0.2, 0) is 16.6 Å². The molecular weight excluding hydrogens is 356 g/mol. The highest BCUT2D eigenvalue weighted by atomic mass is 32.2. The normalized spacial score (nSPS) is 14.6. The van der Waals surface area contributed by atoms with Crippen LogP contribution in [0.4, 0.5) is 5.95 Å². The molecule has 0 unspecified atom stereocenters. The van der Waals surface area contributed by atoms with Gasteiger partial charge in [-0.2, -0.15) is 0 Å². The van der Waals surface area contributed by atoms with Gasteiger partial charge in [0.05, 0.1) is 19.3 Å². The van der Waals surface area contributed by atoms with Crippen molar-refractivity contribution >= 4 is 16.0 Å². The molecule has 1 aliphatic heterocycles. The quantitative estimate of drug-likeness (QED) is 0.782. The molecule has 2 heterocycles. The van der Waals surface area contributed by atoms with Crippen molar-refractivity contribution in [1.82, 2.24) is 14.7 Å². The second-order valence-corrected chi connectivity index (χ2v) is 7.97. The van der Waals surface area contributed by atoms with Gasteiger partial charge in [0.1, 0.15) is 10.6 Å². The number of nitrogens with zero attached hydrogens (tertiary/aromatic N) is 2. The summed E-state index contributed by atoms with van der Waals surface area (Å²) in [6.07, 6.45) is 2.10. The average molecular weight is 378 g/mol. The van der Waals surface area contributed by atoms with Gasteiger partial charge in [0, 0.05) is 19.2 Å². The maximum Gasteiger partial charge on any atom is 0.252 e. The predicted molar refractivity (Wildman–Crippen MR) is 98.1 cm³/mol. The number of sulfonamides is 1. The molecule has 3 rings (SSSR count). The number of benzene rings is 1. The third-order valence-corrected chi connectivity index (χ3v) is 5.66. The molecule has 0 bridgehead atoms. The van der Waals surface area contributed by atoms with Gasteiger partial charge in [0.15, 0.2) is 0 Å². The molecule has 1 aliphatic rings. The van der Waals surface area contributed by atoms with Gasteiger partial charge >= 0.3 is 0 Å². The van der Waals surface area contributed by atoms with E-state index in [0.29, 0.717) is 11.6 Å². The zero-order valence-corrected chi connectivity index (χ0v) is 15.6. The molecule has 2 aromatic rings. The van der Waals surface area contributed by atoms with Gasteiger partial charge in [0.25, 0.3) is 5.56 Å². The molecule has 0 atom stereocenters. The minimum atomic E-state index is -3.81. The number of rotatable bonds is 6. The fraction of sp³-hybridized carbons (Fsp3) is 0.412. The van der Waals surface area contributed by atoms with Crippen LogP contribution in [0.2, 0.25) is 0 Å². The fourth-order valence-electron chi connectivity index (χ4n) is 2.90. The van der Waals surface area contributed by atoms with E-state index in [0.717, 1.165) is 31.5 Å². The Bertz CT molecular complexity index is 949. The summed E-state index contributed by atoms with van der Waals surface area (Å²) in [7, 11) is -2.39. The third kappa shape index (κ3) is 4.05. The van der Waals surface area contributed by atoms with Gasteiger partial charge in [-0.15, -0.1) is 0 Å². The Balaban J connectivity index is 1.82. The van der Waals surface area contributed by atoms with Gasteiger partial charge in [0.2, 0.25) is 16.0 Å². The number of aryl methyl sites for hydroxylation is 1. The lowest BCUT2D eigenvalue weighted by Crippen LogP contribution is -2.28. The number of ether oxygens (including phenoxy) is 1. The number of methoxy groups -OCH3 is 1. The van der Waals surface area contributed by atoms with Crippen molar-refractivity contribution in [2.24, 2.45) is 0 Å². The lowest BCUT2D eigenvalue weighted by Gasteiger charge is -2.16. The molecule has 0 aliphatic carbocycles. The van der Waals surface area contributed by atoms with E-state index in [-0.39, 0.29) is 22.7 Å². The molecule has 0 saturated carbocycles. The second-order valence-electron chi connectivity index (χ2n) is 6.23. The number of hydrogen-bond donors (Lipinski definition) is 2. The molecule has 0 amide bonds. The fourth-order valence-corrected chi connectivity index (χ4v) is 4.15. The Labute approximate surface area is 152 Å². The minimum absolute atomic E-state index is 0.0598. The van der Waals surface area contributed by atoms with E-state index < -0.39 is 10.0 Å². The lowest BCUT2D eigenvalue weighted by atomic mass is 10.2. The maximum atomic E-state index is 12.6. The summed E-state index contributed by atoms with van der Waals surface area (Å²) in [6, 6.07) is 6.23. The number of anilines is 1. The summed E-state index contributed by atoms with van der Waals surface area (Å²) in [5.74, 6) is 0.747. The van der Waals surface area contributed by atoms with Crippen molar-refractivity contribution < 1.29 is 13.2 Å². The number of aromatic nitrogens is 2. The number of nitrogens with one attached hydrogen (secondary N) is 2. The van der Waals surface area contributed by atoms with Crippen LogP contribution in [0.25, 0.3) is 0 Å². The molecule has 2 N–H and O–H groups in total. The summed E-state index contributed by atoms with van der Waals surface area (Å²) in [5.41, 5.74) is 0.867. The summed E-state index contributed by atoms with van der Waals surface area (Å²) in [5, 5.41) is 0. The molecule has 26 heavy (non-hydrogen) atoms. The highest BCUT2D eigenvalue weighted by Gasteiger charge is 2.20. The average Bonchev–Trinajstić information content (AvgIpc) is 3.14.